The van der Waals surface area contributed by atoms with Crippen LogP contribution in [0.25, 0.3) is 0 Å². The SMILES string of the molecule is CC(Cc1ccc(CNO)cc1)C(=O)O. The van der Waals surface area contributed by atoms with Crippen LogP contribution in [-0.4, -0.2) is 16.3 Å². The van der Waals surface area contributed by atoms with E-state index in [-0.39, 0.29) is 5.92 Å². The van der Waals surface area contributed by atoms with E-state index < -0.39 is 5.97 Å². The van der Waals surface area contributed by atoms with E-state index in [0.717, 1.165) is 11.1 Å². The molecule has 1 rings (SSSR count). The molecule has 0 aromatic heterocycles. The van der Waals surface area contributed by atoms with E-state index in [2.05, 4.69) is 5.48 Å². The number of benzene rings is 1. The van der Waals surface area contributed by atoms with Gasteiger partial charge in [-0.05, 0) is 17.5 Å². The average molecular weight is 209 g/mol. The molecule has 0 aliphatic carbocycles. The van der Waals surface area contributed by atoms with E-state index in [1.54, 1.807) is 6.92 Å². The van der Waals surface area contributed by atoms with Crippen LogP contribution in [0.4, 0.5) is 0 Å². The molecular weight excluding hydrogens is 194 g/mol. The van der Waals surface area contributed by atoms with E-state index in [1.165, 1.54) is 0 Å². The van der Waals surface area contributed by atoms with Crippen LogP contribution in [0.15, 0.2) is 24.3 Å². The Balaban J connectivity index is 2.60. The lowest BCUT2D eigenvalue weighted by Gasteiger charge is -2.06. The maximum absolute atomic E-state index is 10.6. The lowest BCUT2D eigenvalue weighted by molar-refractivity contribution is -0.141. The van der Waals surface area contributed by atoms with E-state index >= 15 is 0 Å². The van der Waals surface area contributed by atoms with E-state index in [9.17, 15) is 4.79 Å². The Kier molecular flexibility index (Phi) is 4.27. The number of rotatable bonds is 5. The first-order valence-corrected chi connectivity index (χ1v) is 4.81. The molecule has 1 aromatic carbocycles. The monoisotopic (exact) mass is 209 g/mol. The summed E-state index contributed by atoms with van der Waals surface area (Å²) in [6.07, 6.45) is 0.530. The Hall–Kier alpha value is -1.39. The molecule has 0 aliphatic heterocycles. The standard InChI is InChI=1S/C11H15NO3/c1-8(11(13)14)6-9-2-4-10(5-3-9)7-12-15/h2-5,8,12,15H,6-7H2,1H3,(H,13,14). The lowest BCUT2D eigenvalue weighted by Crippen LogP contribution is -2.12. The Morgan fingerprint density at radius 1 is 1.33 bits per heavy atom. The first kappa shape index (κ1) is 11.7. The Morgan fingerprint density at radius 2 is 1.87 bits per heavy atom. The van der Waals surface area contributed by atoms with Crippen molar-refractivity contribution in [2.75, 3.05) is 0 Å². The maximum atomic E-state index is 10.6. The van der Waals surface area contributed by atoms with Crippen LogP contribution >= 0.6 is 0 Å². The van der Waals surface area contributed by atoms with Gasteiger partial charge in [0.15, 0.2) is 0 Å². The molecule has 0 heterocycles. The zero-order valence-corrected chi connectivity index (χ0v) is 8.60. The van der Waals surface area contributed by atoms with Crippen molar-refractivity contribution in [1.29, 1.82) is 0 Å². The van der Waals surface area contributed by atoms with Crippen LogP contribution in [0.3, 0.4) is 0 Å². The molecule has 0 aliphatic rings. The van der Waals surface area contributed by atoms with Crippen LogP contribution in [-0.2, 0) is 17.8 Å². The van der Waals surface area contributed by atoms with Crippen molar-refractivity contribution >= 4 is 5.97 Å². The summed E-state index contributed by atoms with van der Waals surface area (Å²) in [6, 6.07) is 7.50. The second kappa shape index (κ2) is 5.48. The highest BCUT2D eigenvalue weighted by atomic mass is 16.5. The van der Waals surface area contributed by atoms with Gasteiger partial charge in [0.1, 0.15) is 0 Å². The van der Waals surface area contributed by atoms with Crippen molar-refractivity contribution in [2.45, 2.75) is 19.9 Å². The quantitative estimate of drug-likeness (QED) is 0.641. The third-order valence-electron chi connectivity index (χ3n) is 2.27. The molecule has 0 fully saturated rings. The lowest BCUT2D eigenvalue weighted by atomic mass is 10.0. The highest BCUT2D eigenvalue weighted by molar-refractivity contribution is 5.69. The van der Waals surface area contributed by atoms with E-state index in [1.807, 2.05) is 24.3 Å². The third-order valence-corrected chi connectivity index (χ3v) is 2.27. The summed E-state index contributed by atoms with van der Waals surface area (Å²) in [5.74, 6) is -1.15. The molecule has 1 atom stereocenters. The first-order valence-electron chi connectivity index (χ1n) is 4.81. The Morgan fingerprint density at radius 3 is 2.33 bits per heavy atom. The van der Waals surface area contributed by atoms with Gasteiger partial charge in [0, 0.05) is 6.54 Å². The molecule has 15 heavy (non-hydrogen) atoms. The number of carboxylic acid groups (broad SMARTS) is 1. The van der Waals surface area contributed by atoms with Crippen molar-refractivity contribution in [2.24, 2.45) is 5.92 Å². The number of hydroxylamine groups is 1. The normalized spacial score (nSPS) is 12.4. The predicted molar refractivity (Wildman–Crippen MR) is 55.6 cm³/mol. The Labute approximate surface area is 88.5 Å². The number of aliphatic carboxylic acids is 1. The number of carboxylic acids is 1. The van der Waals surface area contributed by atoms with E-state index in [0.29, 0.717) is 13.0 Å². The van der Waals surface area contributed by atoms with Gasteiger partial charge in [-0.25, -0.2) is 5.48 Å². The molecule has 0 spiro atoms. The van der Waals surface area contributed by atoms with Gasteiger partial charge in [-0.15, -0.1) is 0 Å². The largest absolute Gasteiger partial charge is 0.481 e. The topological polar surface area (TPSA) is 69.6 Å². The van der Waals surface area contributed by atoms with Gasteiger partial charge < -0.3 is 10.3 Å². The smallest absolute Gasteiger partial charge is 0.306 e. The molecular formula is C11H15NO3. The van der Waals surface area contributed by atoms with E-state index in [4.69, 9.17) is 10.3 Å². The average Bonchev–Trinajstić information content (AvgIpc) is 2.21. The fourth-order valence-electron chi connectivity index (χ4n) is 1.33. The molecule has 0 saturated carbocycles. The predicted octanol–water partition coefficient (Wildman–Crippen LogP) is 1.43. The van der Waals surface area contributed by atoms with Gasteiger partial charge in [-0.3, -0.25) is 4.79 Å². The summed E-state index contributed by atoms with van der Waals surface area (Å²) in [7, 11) is 0. The minimum atomic E-state index is -0.781. The number of hydrogen-bond acceptors (Lipinski definition) is 3. The molecule has 4 nitrogen and oxygen atoms in total. The summed E-state index contributed by atoms with van der Waals surface area (Å²) < 4.78 is 0. The highest BCUT2D eigenvalue weighted by Gasteiger charge is 2.10. The number of carbonyl (C=O) groups is 1. The van der Waals surface area contributed by atoms with Crippen molar-refractivity contribution in [1.82, 2.24) is 5.48 Å². The summed E-state index contributed by atoms with van der Waals surface area (Å²) in [4.78, 5) is 10.6. The minimum absolute atomic E-state index is 0.369. The molecule has 0 saturated heterocycles. The summed E-state index contributed by atoms with van der Waals surface area (Å²) in [6.45, 7) is 2.08. The Bertz CT molecular complexity index is 321. The van der Waals surface area contributed by atoms with Crippen molar-refractivity contribution in [3.63, 3.8) is 0 Å². The second-order valence-electron chi connectivity index (χ2n) is 3.59. The van der Waals surface area contributed by atoms with Crippen LogP contribution in [0, 0.1) is 5.92 Å². The molecule has 3 N–H and O–H groups in total. The van der Waals surface area contributed by atoms with Gasteiger partial charge >= 0.3 is 5.97 Å². The minimum Gasteiger partial charge on any atom is -0.481 e. The molecule has 1 aromatic rings. The molecule has 0 bridgehead atoms. The zero-order valence-electron chi connectivity index (χ0n) is 8.60. The zero-order chi connectivity index (χ0) is 11.3. The van der Waals surface area contributed by atoms with Crippen molar-refractivity contribution in [3.8, 4) is 0 Å². The third kappa shape index (κ3) is 3.69. The molecule has 0 amide bonds. The fourth-order valence-corrected chi connectivity index (χ4v) is 1.33. The van der Waals surface area contributed by atoms with Crippen LogP contribution < -0.4 is 5.48 Å². The van der Waals surface area contributed by atoms with Crippen LogP contribution in [0.2, 0.25) is 0 Å². The second-order valence-corrected chi connectivity index (χ2v) is 3.59. The molecule has 82 valence electrons. The summed E-state index contributed by atoms with van der Waals surface area (Å²) in [5.41, 5.74) is 4.02. The van der Waals surface area contributed by atoms with Crippen molar-refractivity contribution < 1.29 is 15.1 Å². The summed E-state index contributed by atoms with van der Waals surface area (Å²) >= 11 is 0. The van der Waals surface area contributed by atoms with Crippen molar-refractivity contribution in [3.05, 3.63) is 35.4 Å². The number of nitrogens with one attached hydrogen (secondary N) is 1. The van der Waals surface area contributed by atoms with Crippen LogP contribution in [0.1, 0.15) is 18.1 Å². The van der Waals surface area contributed by atoms with Gasteiger partial charge in [0.05, 0.1) is 5.92 Å². The van der Waals surface area contributed by atoms with Gasteiger partial charge in [-0.2, -0.15) is 0 Å². The first-order chi connectivity index (χ1) is 7.13. The summed E-state index contributed by atoms with van der Waals surface area (Å²) in [5, 5.41) is 17.2. The van der Waals surface area contributed by atoms with Gasteiger partial charge in [0.25, 0.3) is 0 Å². The fraction of sp³-hybridized carbons (Fsp3) is 0.364. The highest BCUT2D eigenvalue weighted by Crippen LogP contribution is 2.10. The number of hydrogen-bond donors (Lipinski definition) is 3. The molecule has 1 unspecified atom stereocenters. The van der Waals surface area contributed by atoms with Crippen LogP contribution in [0.5, 0.6) is 0 Å². The van der Waals surface area contributed by atoms with Gasteiger partial charge in [-0.1, -0.05) is 31.2 Å². The molecule has 4 heteroatoms. The molecule has 0 radical (unpaired) electrons. The van der Waals surface area contributed by atoms with Gasteiger partial charge in [0.2, 0.25) is 0 Å². The maximum Gasteiger partial charge on any atom is 0.306 e.